The predicted octanol–water partition coefficient (Wildman–Crippen LogP) is 4.62. The van der Waals surface area contributed by atoms with Crippen molar-refractivity contribution >= 4 is 17.9 Å². The lowest BCUT2D eigenvalue weighted by Crippen LogP contribution is -2.43. The van der Waals surface area contributed by atoms with Crippen molar-refractivity contribution in [1.29, 1.82) is 0 Å². The fourth-order valence-electron chi connectivity index (χ4n) is 8.51. The van der Waals surface area contributed by atoms with Gasteiger partial charge in [0.2, 0.25) is 0 Å². The normalized spacial score (nSPS) is 42.6. The minimum absolute atomic E-state index is 0.0378. The van der Waals surface area contributed by atoms with E-state index >= 15 is 0 Å². The summed E-state index contributed by atoms with van der Waals surface area (Å²) in [4.78, 5) is 40.2. The van der Waals surface area contributed by atoms with Crippen LogP contribution in [0.2, 0.25) is 0 Å². The Morgan fingerprint density at radius 2 is 0.857 bits per heavy atom. The maximum absolute atomic E-state index is 13.4. The molecule has 12 atom stereocenters. The van der Waals surface area contributed by atoms with Crippen molar-refractivity contribution in [2.45, 2.75) is 129 Å². The number of hydrogen-bond donors (Lipinski definition) is 0. The average molecular weight is 591 g/mol. The topological polar surface area (TPSA) is 116 Å². The molecule has 0 radical (unpaired) electrons. The Morgan fingerprint density at radius 1 is 0.548 bits per heavy atom. The molecule has 3 heterocycles. The molecule has 3 aliphatic heterocycles. The van der Waals surface area contributed by atoms with Gasteiger partial charge >= 0.3 is 17.9 Å². The first-order valence-corrected chi connectivity index (χ1v) is 16.8. The molecule has 236 valence electrons. The summed E-state index contributed by atoms with van der Waals surface area (Å²) >= 11 is 0. The second-order valence-corrected chi connectivity index (χ2v) is 13.9. The van der Waals surface area contributed by atoms with Crippen LogP contribution in [-0.2, 0) is 42.8 Å². The van der Waals surface area contributed by atoms with Crippen LogP contribution in [-0.4, -0.2) is 74.4 Å². The molecule has 0 aromatic heterocycles. The lowest BCUT2D eigenvalue weighted by molar-refractivity contribution is -0.170. The minimum atomic E-state index is -0.819. The highest BCUT2D eigenvalue weighted by atomic mass is 16.6. The van der Waals surface area contributed by atoms with Crippen LogP contribution >= 0.6 is 0 Å². The molecule has 42 heavy (non-hydrogen) atoms. The Labute approximate surface area is 250 Å². The van der Waals surface area contributed by atoms with E-state index in [9.17, 15) is 14.4 Å². The Kier molecular flexibility index (Phi) is 8.92. The molecular formula is C33H50O9. The number of hydrogen-bond acceptors (Lipinski definition) is 9. The number of rotatable bonds is 13. The smallest absolute Gasteiger partial charge is 0.309 e. The number of carbonyl (C=O) groups is 3. The summed E-state index contributed by atoms with van der Waals surface area (Å²) in [7, 11) is 0. The van der Waals surface area contributed by atoms with Crippen LogP contribution in [0.5, 0.6) is 0 Å². The van der Waals surface area contributed by atoms with Crippen molar-refractivity contribution in [3.8, 4) is 0 Å². The van der Waals surface area contributed by atoms with Gasteiger partial charge in [-0.25, -0.2) is 0 Å². The molecule has 12 unspecified atom stereocenters. The van der Waals surface area contributed by atoms with Crippen LogP contribution in [0.1, 0.15) is 91.9 Å². The van der Waals surface area contributed by atoms with Gasteiger partial charge in [0.15, 0.2) is 0 Å². The minimum Gasteiger partial charge on any atom is -0.465 e. The van der Waals surface area contributed by atoms with Crippen molar-refractivity contribution in [2.24, 2.45) is 40.9 Å². The summed E-state index contributed by atoms with van der Waals surface area (Å²) in [6, 6.07) is 0. The van der Waals surface area contributed by atoms with E-state index in [4.69, 9.17) is 28.4 Å². The van der Waals surface area contributed by atoms with Gasteiger partial charge in [-0.3, -0.25) is 14.4 Å². The first-order chi connectivity index (χ1) is 20.3. The van der Waals surface area contributed by atoms with Gasteiger partial charge in [-0.1, -0.05) is 27.7 Å². The predicted molar refractivity (Wildman–Crippen MR) is 151 cm³/mol. The van der Waals surface area contributed by atoms with Crippen molar-refractivity contribution in [3.63, 3.8) is 0 Å². The lowest BCUT2D eigenvalue weighted by Gasteiger charge is -2.35. The van der Waals surface area contributed by atoms with Gasteiger partial charge in [0.25, 0.3) is 0 Å². The average Bonchev–Trinajstić information content (AvgIpc) is 3.89. The summed E-state index contributed by atoms with van der Waals surface area (Å²) in [5, 5.41) is 0. The highest BCUT2D eigenvalue weighted by molar-refractivity contribution is 5.74. The maximum Gasteiger partial charge on any atom is 0.309 e. The Bertz CT molecular complexity index is 892. The van der Waals surface area contributed by atoms with Crippen molar-refractivity contribution in [3.05, 3.63) is 0 Å². The zero-order chi connectivity index (χ0) is 29.6. The highest BCUT2D eigenvalue weighted by Crippen LogP contribution is 2.48. The molecule has 6 rings (SSSR count). The van der Waals surface area contributed by atoms with Gasteiger partial charge in [0, 0.05) is 17.8 Å². The largest absolute Gasteiger partial charge is 0.465 e. The molecule has 9 nitrogen and oxygen atoms in total. The third-order valence-corrected chi connectivity index (χ3v) is 11.6. The second-order valence-electron chi connectivity index (χ2n) is 13.9. The number of carbonyl (C=O) groups excluding carboxylic acids is 3. The molecule has 3 saturated carbocycles. The molecular weight excluding hydrogens is 540 g/mol. The van der Waals surface area contributed by atoms with Crippen molar-refractivity contribution in [2.75, 3.05) is 19.8 Å². The van der Waals surface area contributed by atoms with Crippen LogP contribution in [0.3, 0.4) is 0 Å². The molecule has 0 spiro atoms. The maximum atomic E-state index is 13.4. The molecule has 0 aromatic rings. The van der Waals surface area contributed by atoms with E-state index in [1.807, 2.05) is 6.92 Å². The zero-order valence-corrected chi connectivity index (χ0v) is 25.8. The number of esters is 3. The van der Waals surface area contributed by atoms with Crippen LogP contribution in [0, 0.1) is 40.9 Å². The standard InChI is InChI=1S/C33H50O9/c1-5-18-21(9-12-24-27(18)40-24)30(34)37-15-33(8-4,16-38-31(35)22-10-13-25-28(41-25)19(22)6-2)17-39-32(36)23-11-14-26-29(42-26)20(23)7-3/h18-29H,5-17H2,1-4H3. The van der Waals surface area contributed by atoms with Gasteiger partial charge in [-0.15, -0.1) is 0 Å². The van der Waals surface area contributed by atoms with Gasteiger partial charge < -0.3 is 28.4 Å². The second kappa shape index (κ2) is 12.4. The molecule has 6 fully saturated rings. The number of fused-ring (bicyclic) bond motifs is 3. The molecule has 3 saturated heterocycles. The molecule has 0 amide bonds. The summed E-state index contributed by atoms with van der Waals surface area (Å²) in [5.74, 6) is -0.770. The van der Waals surface area contributed by atoms with E-state index in [2.05, 4.69) is 20.8 Å². The van der Waals surface area contributed by atoms with Crippen molar-refractivity contribution < 1.29 is 42.8 Å². The van der Waals surface area contributed by atoms with Crippen LogP contribution < -0.4 is 0 Å². The fraction of sp³-hybridized carbons (Fsp3) is 0.909. The molecule has 6 aliphatic rings. The first-order valence-electron chi connectivity index (χ1n) is 16.8. The summed E-state index contributed by atoms with van der Waals surface area (Å²) in [6.45, 7) is 8.37. The molecule has 9 heteroatoms. The Balaban J connectivity index is 1.11. The fourth-order valence-corrected chi connectivity index (χ4v) is 8.51. The third kappa shape index (κ3) is 5.99. The van der Waals surface area contributed by atoms with E-state index in [1.165, 1.54) is 0 Å². The molecule has 3 aliphatic carbocycles. The number of epoxide rings is 3. The van der Waals surface area contributed by atoms with E-state index < -0.39 is 5.41 Å². The van der Waals surface area contributed by atoms with Crippen LogP contribution in [0.15, 0.2) is 0 Å². The summed E-state index contributed by atoms with van der Waals surface area (Å²) in [6.07, 6.45) is 9.41. The quantitative estimate of drug-likeness (QED) is 0.172. The van der Waals surface area contributed by atoms with Crippen molar-refractivity contribution in [1.82, 2.24) is 0 Å². The SMILES string of the molecule is CCC1C(C(=O)OCC(CC)(COC(=O)C2CCC3OC3C2CC)COC(=O)C2CCC3OC3C2CC)CCC2OC21. The van der Waals surface area contributed by atoms with Crippen LogP contribution in [0.25, 0.3) is 0 Å². The third-order valence-electron chi connectivity index (χ3n) is 11.6. The molecule has 0 bridgehead atoms. The van der Waals surface area contributed by atoms with Gasteiger partial charge in [-0.05, 0) is 64.2 Å². The zero-order valence-electron chi connectivity index (χ0n) is 25.8. The van der Waals surface area contributed by atoms with E-state index in [-0.39, 0.29) is 91.5 Å². The highest BCUT2D eigenvalue weighted by Gasteiger charge is 2.55. The monoisotopic (exact) mass is 590 g/mol. The van der Waals surface area contributed by atoms with E-state index in [0.29, 0.717) is 24.7 Å². The Hall–Kier alpha value is -1.71. The first kappa shape index (κ1) is 30.3. The molecule has 0 N–H and O–H groups in total. The van der Waals surface area contributed by atoms with Gasteiger partial charge in [0.05, 0.1) is 59.8 Å². The Morgan fingerprint density at radius 3 is 1.12 bits per heavy atom. The summed E-state index contributed by atoms with van der Waals surface area (Å²) in [5.41, 5.74) is -0.819. The summed E-state index contributed by atoms with van der Waals surface area (Å²) < 4.78 is 35.4. The van der Waals surface area contributed by atoms with Gasteiger partial charge in [0.1, 0.15) is 19.8 Å². The molecule has 0 aromatic carbocycles. The van der Waals surface area contributed by atoms with Crippen LogP contribution in [0.4, 0.5) is 0 Å². The number of ether oxygens (including phenoxy) is 6. The van der Waals surface area contributed by atoms with E-state index in [1.54, 1.807) is 0 Å². The van der Waals surface area contributed by atoms with Gasteiger partial charge in [-0.2, -0.15) is 0 Å². The lowest BCUT2D eigenvalue weighted by atomic mass is 9.77. The van der Waals surface area contributed by atoms with E-state index in [0.717, 1.165) is 57.8 Å².